The van der Waals surface area contributed by atoms with Crippen molar-refractivity contribution >= 4 is 16.8 Å². The van der Waals surface area contributed by atoms with Crippen LogP contribution in [0.1, 0.15) is 49.9 Å². The Labute approximate surface area is 175 Å². The molecule has 0 spiro atoms. The summed E-state index contributed by atoms with van der Waals surface area (Å²) in [5, 5.41) is 18.5. The Kier molecular flexibility index (Phi) is 5.36. The maximum atomic E-state index is 14.9. The smallest absolute Gasteiger partial charge is 0.251 e. The van der Waals surface area contributed by atoms with E-state index in [0.29, 0.717) is 16.8 Å². The Balaban J connectivity index is 1.49. The molecule has 3 aromatic rings. The lowest BCUT2D eigenvalue weighted by molar-refractivity contribution is -0.00257. The van der Waals surface area contributed by atoms with Crippen LogP contribution in [0.5, 0.6) is 0 Å². The normalized spacial score (nSPS) is 19.8. The van der Waals surface area contributed by atoms with Gasteiger partial charge in [0.2, 0.25) is 0 Å². The minimum absolute atomic E-state index is 0.0542. The van der Waals surface area contributed by atoms with Crippen LogP contribution in [-0.2, 0) is 7.05 Å². The number of benzene rings is 2. The standard InChI is InChI=1S/C24H28FN3O2/c1-24(2,30)16-9-11-17(12-10-16)26-23(29)15-8-13-18(20(25)14-15)22-19-6-4-5-7-21(19)28(3)27-22/h4-8,13-14,16-17,30H,9-12H2,1-3H3,(H,26,29). The molecule has 1 aliphatic carbocycles. The topological polar surface area (TPSA) is 67.2 Å². The lowest BCUT2D eigenvalue weighted by Crippen LogP contribution is -2.41. The third-order valence-electron chi connectivity index (χ3n) is 6.31. The molecule has 1 heterocycles. The first kappa shape index (κ1) is 20.5. The van der Waals surface area contributed by atoms with E-state index in [1.807, 2.05) is 45.2 Å². The molecule has 5 nitrogen and oxygen atoms in total. The summed E-state index contributed by atoms with van der Waals surface area (Å²) >= 11 is 0. The Morgan fingerprint density at radius 2 is 1.87 bits per heavy atom. The van der Waals surface area contributed by atoms with Crippen molar-refractivity contribution < 1.29 is 14.3 Å². The number of amides is 1. The largest absolute Gasteiger partial charge is 0.390 e. The van der Waals surface area contributed by atoms with Crippen LogP contribution >= 0.6 is 0 Å². The highest BCUT2D eigenvalue weighted by Gasteiger charge is 2.32. The fraction of sp³-hybridized carbons (Fsp3) is 0.417. The first-order valence-electron chi connectivity index (χ1n) is 10.5. The first-order chi connectivity index (χ1) is 14.2. The van der Waals surface area contributed by atoms with Crippen LogP contribution in [0, 0.1) is 11.7 Å². The molecule has 0 saturated heterocycles. The number of hydrogen-bond donors (Lipinski definition) is 2. The van der Waals surface area contributed by atoms with E-state index in [1.54, 1.807) is 16.8 Å². The lowest BCUT2D eigenvalue weighted by Gasteiger charge is -2.36. The summed E-state index contributed by atoms with van der Waals surface area (Å²) in [6.07, 6.45) is 3.38. The molecule has 6 heteroatoms. The Bertz CT molecular complexity index is 1080. The van der Waals surface area contributed by atoms with Gasteiger partial charge in [0.05, 0.1) is 11.1 Å². The number of rotatable bonds is 4. The zero-order chi connectivity index (χ0) is 21.5. The molecule has 2 aromatic carbocycles. The molecule has 1 saturated carbocycles. The number of aliphatic hydroxyl groups is 1. The molecular weight excluding hydrogens is 381 g/mol. The number of hydrogen-bond acceptors (Lipinski definition) is 3. The van der Waals surface area contributed by atoms with Gasteiger partial charge in [-0.1, -0.05) is 18.2 Å². The second-order valence-corrected chi connectivity index (χ2v) is 8.86. The number of nitrogens with zero attached hydrogens (tertiary/aromatic N) is 2. The van der Waals surface area contributed by atoms with Gasteiger partial charge >= 0.3 is 0 Å². The summed E-state index contributed by atoms with van der Waals surface area (Å²) in [5.41, 5.74) is 1.50. The van der Waals surface area contributed by atoms with Crippen molar-refractivity contribution in [3.63, 3.8) is 0 Å². The third-order valence-corrected chi connectivity index (χ3v) is 6.31. The van der Waals surface area contributed by atoms with Crippen molar-refractivity contribution in [1.29, 1.82) is 0 Å². The van der Waals surface area contributed by atoms with Gasteiger partial charge in [-0.25, -0.2) is 4.39 Å². The summed E-state index contributed by atoms with van der Waals surface area (Å²) in [5.74, 6) is -0.481. The predicted octanol–water partition coefficient (Wildman–Crippen LogP) is 4.44. The van der Waals surface area contributed by atoms with E-state index in [1.165, 1.54) is 6.07 Å². The fourth-order valence-corrected chi connectivity index (χ4v) is 4.47. The quantitative estimate of drug-likeness (QED) is 0.670. The minimum Gasteiger partial charge on any atom is -0.390 e. The van der Waals surface area contributed by atoms with Gasteiger partial charge in [0.1, 0.15) is 11.5 Å². The average Bonchev–Trinajstić information content (AvgIpc) is 3.04. The zero-order valence-electron chi connectivity index (χ0n) is 17.7. The van der Waals surface area contributed by atoms with Gasteiger partial charge in [-0.3, -0.25) is 9.48 Å². The minimum atomic E-state index is -0.691. The number of aryl methyl sites for hydroxylation is 1. The summed E-state index contributed by atoms with van der Waals surface area (Å²) in [6, 6.07) is 12.3. The molecule has 1 amide bonds. The van der Waals surface area contributed by atoms with E-state index < -0.39 is 11.4 Å². The van der Waals surface area contributed by atoms with Crippen molar-refractivity contribution in [3.05, 3.63) is 53.8 Å². The van der Waals surface area contributed by atoms with E-state index >= 15 is 0 Å². The SMILES string of the molecule is Cn1nc(-c2ccc(C(=O)NC3CCC(C(C)(C)O)CC3)cc2F)c2ccccc21. The van der Waals surface area contributed by atoms with Crippen LogP contribution in [-0.4, -0.2) is 32.4 Å². The zero-order valence-corrected chi connectivity index (χ0v) is 17.7. The highest BCUT2D eigenvalue weighted by atomic mass is 19.1. The summed E-state index contributed by atoms with van der Waals surface area (Å²) in [4.78, 5) is 12.7. The monoisotopic (exact) mass is 409 g/mol. The Morgan fingerprint density at radius 3 is 2.53 bits per heavy atom. The second kappa shape index (κ2) is 7.84. The maximum Gasteiger partial charge on any atom is 0.251 e. The highest BCUT2D eigenvalue weighted by molar-refractivity contribution is 5.97. The second-order valence-electron chi connectivity index (χ2n) is 8.86. The van der Waals surface area contributed by atoms with Crippen LogP contribution in [0.2, 0.25) is 0 Å². The molecule has 0 unspecified atom stereocenters. The molecular formula is C24H28FN3O2. The van der Waals surface area contributed by atoms with Crippen molar-refractivity contribution in [2.45, 2.75) is 51.2 Å². The van der Waals surface area contributed by atoms with Crippen molar-refractivity contribution in [3.8, 4) is 11.3 Å². The van der Waals surface area contributed by atoms with Gasteiger partial charge in [-0.2, -0.15) is 5.10 Å². The fourth-order valence-electron chi connectivity index (χ4n) is 4.47. The van der Waals surface area contributed by atoms with Gasteiger partial charge in [-0.05, 0) is 69.7 Å². The van der Waals surface area contributed by atoms with E-state index in [0.717, 1.165) is 36.6 Å². The maximum absolute atomic E-state index is 14.9. The van der Waals surface area contributed by atoms with Gasteiger partial charge in [0.15, 0.2) is 0 Å². The van der Waals surface area contributed by atoms with Gasteiger partial charge in [-0.15, -0.1) is 0 Å². The molecule has 0 bridgehead atoms. The molecule has 1 aliphatic rings. The molecule has 158 valence electrons. The number of fused-ring (bicyclic) bond motifs is 1. The van der Waals surface area contributed by atoms with Crippen LogP contribution in [0.3, 0.4) is 0 Å². The number of carbonyl (C=O) groups excluding carboxylic acids is 1. The highest BCUT2D eigenvalue weighted by Crippen LogP contribution is 2.33. The van der Waals surface area contributed by atoms with Gasteiger partial charge < -0.3 is 10.4 Å². The summed E-state index contributed by atoms with van der Waals surface area (Å²) in [7, 11) is 1.83. The third kappa shape index (κ3) is 3.97. The molecule has 0 atom stereocenters. The van der Waals surface area contributed by atoms with E-state index in [-0.39, 0.29) is 17.9 Å². The van der Waals surface area contributed by atoms with E-state index in [9.17, 15) is 14.3 Å². The van der Waals surface area contributed by atoms with E-state index in [2.05, 4.69) is 10.4 Å². The molecule has 30 heavy (non-hydrogen) atoms. The van der Waals surface area contributed by atoms with Gasteiger partial charge in [0.25, 0.3) is 5.91 Å². The molecule has 1 aromatic heterocycles. The van der Waals surface area contributed by atoms with Crippen LogP contribution in [0.15, 0.2) is 42.5 Å². The molecule has 0 radical (unpaired) electrons. The van der Waals surface area contributed by atoms with Crippen LogP contribution in [0.4, 0.5) is 4.39 Å². The molecule has 2 N–H and O–H groups in total. The molecule has 1 fully saturated rings. The van der Waals surface area contributed by atoms with Crippen LogP contribution in [0.25, 0.3) is 22.2 Å². The van der Waals surface area contributed by atoms with Crippen molar-refractivity contribution in [2.24, 2.45) is 13.0 Å². The van der Waals surface area contributed by atoms with E-state index in [4.69, 9.17) is 0 Å². The van der Waals surface area contributed by atoms with Crippen molar-refractivity contribution in [2.75, 3.05) is 0 Å². The Hall–Kier alpha value is -2.73. The molecule has 0 aliphatic heterocycles. The summed E-state index contributed by atoms with van der Waals surface area (Å²) in [6.45, 7) is 3.68. The number of aromatic nitrogens is 2. The average molecular weight is 410 g/mol. The number of nitrogens with one attached hydrogen (secondary N) is 1. The Morgan fingerprint density at radius 1 is 1.17 bits per heavy atom. The summed E-state index contributed by atoms with van der Waals surface area (Å²) < 4.78 is 16.7. The number of para-hydroxylation sites is 1. The van der Waals surface area contributed by atoms with Crippen molar-refractivity contribution in [1.82, 2.24) is 15.1 Å². The predicted molar refractivity (Wildman–Crippen MR) is 116 cm³/mol. The molecule has 4 rings (SSSR count). The number of halogens is 1. The first-order valence-corrected chi connectivity index (χ1v) is 10.5. The lowest BCUT2D eigenvalue weighted by atomic mass is 9.77. The van der Waals surface area contributed by atoms with Gasteiger partial charge in [0, 0.05) is 29.6 Å². The number of carbonyl (C=O) groups is 1. The van der Waals surface area contributed by atoms with Crippen LogP contribution < -0.4 is 5.32 Å².